The highest BCUT2D eigenvalue weighted by Crippen LogP contribution is 2.44. The lowest BCUT2D eigenvalue weighted by Gasteiger charge is -2.30. The summed E-state index contributed by atoms with van der Waals surface area (Å²) in [5.41, 5.74) is 1.81. The van der Waals surface area contributed by atoms with Gasteiger partial charge in [-0.05, 0) is 40.3 Å². The number of nitriles is 1. The van der Waals surface area contributed by atoms with E-state index in [9.17, 15) is 10.4 Å². The van der Waals surface area contributed by atoms with E-state index in [2.05, 4.69) is 28.7 Å². The predicted molar refractivity (Wildman–Crippen MR) is 86.6 cm³/mol. The van der Waals surface area contributed by atoms with Crippen molar-refractivity contribution in [3.63, 3.8) is 0 Å². The van der Waals surface area contributed by atoms with E-state index >= 15 is 0 Å². The number of hydrogen-bond acceptors (Lipinski definition) is 4. The van der Waals surface area contributed by atoms with Crippen LogP contribution in [0.1, 0.15) is 17.0 Å². The van der Waals surface area contributed by atoms with Gasteiger partial charge in [0.15, 0.2) is 0 Å². The lowest BCUT2D eigenvalue weighted by molar-refractivity contribution is 0.436. The number of halogens is 1. The van der Waals surface area contributed by atoms with Crippen LogP contribution in [0, 0.1) is 26.2 Å². The Morgan fingerprint density at radius 3 is 2.67 bits per heavy atom. The van der Waals surface area contributed by atoms with Crippen LogP contribution in [0.25, 0.3) is 0 Å². The molecular formula is C16H11IN2O2. The molecular weight excluding hydrogens is 379 g/mol. The third-order valence-electron chi connectivity index (χ3n) is 3.55. The van der Waals surface area contributed by atoms with Gasteiger partial charge in [0, 0.05) is 21.1 Å². The van der Waals surface area contributed by atoms with E-state index in [0.29, 0.717) is 5.75 Å². The Labute approximate surface area is 135 Å². The van der Waals surface area contributed by atoms with Crippen LogP contribution in [0.3, 0.4) is 0 Å². The molecule has 0 bridgehead atoms. The van der Waals surface area contributed by atoms with Gasteiger partial charge in [-0.15, -0.1) is 0 Å². The molecule has 1 aliphatic heterocycles. The average Bonchev–Trinajstić information content (AvgIpc) is 2.46. The summed E-state index contributed by atoms with van der Waals surface area (Å²) in [6, 6.07) is 14.8. The lowest BCUT2D eigenvalue weighted by Crippen LogP contribution is -2.31. The largest absolute Gasteiger partial charge is 0.508 e. The molecule has 21 heavy (non-hydrogen) atoms. The van der Waals surface area contributed by atoms with Crippen LogP contribution >= 0.6 is 22.6 Å². The molecule has 2 aromatic rings. The van der Waals surface area contributed by atoms with Gasteiger partial charge in [0.05, 0.1) is 6.07 Å². The summed E-state index contributed by atoms with van der Waals surface area (Å²) in [5.74, 6) is -0.493. The molecule has 0 aromatic heterocycles. The Bertz CT molecular complexity index is 767. The fourth-order valence-electron chi connectivity index (χ4n) is 2.59. The summed E-state index contributed by atoms with van der Waals surface area (Å²) < 4.78 is 6.44. The summed E-state index contributed by atoms with van der Waals surface area (Å²) in [4.78, 5) is 0. The normalized spacial score (nSPS) is 20.3. The van der Waals surface area contributed by atoms with Gasteiger partial charge in [0.25, 0.3) is 0 Å². The number of fused-ring (bicyclic) bond motifs is 1. The summed E-state index contributed by atoms with van der Waals surface area (Å²) in [6.07, 6.45) is 0. The second kappa shape index (κ2) is 5.37. The van der Waals surface area contributed by atoms with Gasteiger partial charge in [-0.2, -0.15) is 5.26 Å². The number of hydrogen-bond donors (Lipinski definition) is 2. The molecule has 0 spiro atoms. The first-order valence-electron chi connectivity index (χ1n) is 6.35. The maximum absolute atomic E-state index is 9.59. The third-order valence-corrected chi connectivity index (χ3v) is 4.53. The van der Waals surface area contributed by atoms with E-state index < -0.39 is 5.92 Å². The first kappa shape index (κ1) is 13.9. The minimum Gasteiger partial charge on any atom is -0.508 e. The van der Waals surface area contributed by atoms with Crippen LogP contribution in [0.15, 0.2) is 42.5 Å². The van der Waals surface area contributed by atoms with Crippen molar-refractivity contribution < 1.29 is 9.84 Å². The van der Waals surface area contributed by atoms with Crippen molar-refractivity contribution in [3.8, 4) is 17.6 Å². The molecule has 2 atom stereocenters. The highest BCUT2D eigenvalue weighted by Gasteiger charge is 2.37. The molecule has 2 aromatic carbocycles. The first-order valence-corrected chi connectivity index (χ1v) is 7.43. The number of phenolic OH excluding ortho intramolecular Hbond substituents is 1. The van der Waals surface area contributed by atoms with Crippen molar-refractivity contribution in [3.05, 3.63) is 57.2 Å². The van der Waals surface area contributed by atoms with E-state index in [4.69, 9.17) is 10.1 Å². The fourth-order valence-corrected chi connectivity index (χ4v) is 3.31. The quantitative estimate of drug-likeness (QED) is 0.730. The Kier molecular flexibility index (Phi) is 3.55. The van der Waals surface area contributed by atoms with Crippen LogP contribution in [0.2, 0.25) is 0 Å². The smallest absolute Gasteiger partial charge is 0.205 e. The zero-order valence-electron chi connectivity index (χ0n) is 10.9. The molecule has 1 aliphatic rings. The lowest BCUT2D eigenvalue weighted by atomic mass is 9.79. The molecule has 2 unspecified atom stereocenters. The number of ether oxygens (including phenoxy) is 1. The highest BCUT2D eigenvalue weighted by molar-refractivity contribution is 14.1. The van der Waals surface area contributed by atoms with Gasteiger partial charge in [-0.3, -0.25) is 5.41 Å². The molecule has 1 heterocycles. The van der Waals surface area contributed by atoms with E-state index in [1.165, 1.54) is 6.07 Å². The van der Waals surface area contributed by atoms with Crippen molar-refractivity contribution in [2.45, 2.75) is 5.92 Å². The van der Waals surface area contributed by atoms with E-state index in [-0.39, 0.29) is 17.6 Å². The van der Waals surface area contributed by atoms with Crippen molar-refractivity contribution in [1.29, 1.82) is 10.7 Å². The topological polar surface area (TPSA) is 77.1 Å². The van der Waals surface area contributed by atoms with Gasteiger partial charge >= 0.3 is 0 Å². The first-order chi connectivity index (χ1) is 10.1. The van der Waals surface area contributed by atoms with E-state index in [0.717, 1.165) is 14.7 Å². The highest BCUT2D eigenvalue weighted by atomic mass is 127. The molecule has 4 nitrogen and oxygen atoms in total. The van der Waals surface area contributed by atoms with E-state index in [1.807, 2.05) is 24.3 Å². The summed E-state index contributed by atoms with van der Waals surface area (Å²) in [7, 11) is 0. The fraction of sp³-hybridized carbons (Fsp3) is 0.125. The second-order valence-electron chi connectivity index (χ2n) is 4.79. The van der Waals surface area contributed by atoms with Crippen molar-refractivity contribution in [1.82, 2.24) is 0 Å². The Hall–Kier alpha value is -2.07. The van der Waals surface area contributed by atoms with Crippen molar-refractivity contribution >= 4 is 28.5 Å². The maximum atomic E-state index is 9.59. The van der Waals surface area contributed by atoms with Gasteiger partial charge in [-0.25, -0.2) is 0 Å². The molecule has 5 heteroatoms. The minimum absolute atomic E-state index is 0.0819. The molecule has 0 amide bonds. The van der Waals surface area contributed by atoms with Crippen molar-refractivity contribution in [2.75, 3.05) is 0 Å². The molecule has 2 N–H and O–H groups in total. The summed E-state index contributed by atoms with van der Waals surface area (Å²) in [6.45, 7) is 0. The van der Waals surface area contributed by atoms with Gasteiger partial charge in [-0.1, -0.05) is 24.3 Å². The number of benzene rings is 2. The van der Waals surface area contributed by atoms with Crippen molar-refractivity contribution in [2.24, 2.45) is 5.92 Å². The zero-order chi connectivity index (χ0) is 15.0. The number of aromatic hydroxyl groups is 1. The Balaban J connectivity index is 2.23. The molecule has 0 radical (unpaired) electrons. The molecule has 0 saturated carbocycles. The number of nitrogens with one attached hydrogen (secondary N) is 1. The monoisotopic (exact) mass is 390 g/mol. The number of nitrogens with zero attached hydrogens (tertiary/aromatic N) is 1. The third kappa shape index (κ3) is 2.36. The molecule has 0 fully saturated rings. The standard InChI is InChI=1S/C16H11IN2O2/c17-13-4-2-1-3-10(13)15-11-6-5-9(20)7-14(11)21-16(19)12(15)8-18/h1-7,12,15,19-20H. The van der Waals surface area contributed by atoms with Crippen LogP contribution in [0.5, 0.6) is 11.5 Å². The number of phenols is 1. The SMILES string of the molecule is N#CC1C(=N)Oc2cc(O)ccc2C1c1ccccc1I. The zero-order valence-corrected chi connectivity index (χ0v) is 13.0. The van der Waals surface area contributed by atoms with Crippen LogP contribution in [-0.4, -0.2) is 11.0 Å². The average molecular weight is 390 g/mol. The Morgan fingerprint density at radius 2 is 1.95 bits per heavy atom. The predicted octanol–water partition coefficient (Wildman–Crippen LogP) is 3.64. The van der Waals surface area contributed by atoms with Crippen LogP contribution < -0.4 is 4.74 Å². The van der Waals surface area contributed by atoms with Gasteiger partial charge in [0.2, 0.25) is 5.90 Å². The molecule has 3 rings (SSSR count). The van der Waals surface area contributed by atoms with Gasteiger partial charge in [0.1, 0.15) is 17.4 Å². The number of rotatable bonds is 1. The van der Waals surface area contributed by atoms with E-state index in [1.54, 1.807) is 12.1 Å². The summed E-state index contributed by atoms with van der Waals surface area (Å²) >= 11 is 2.23. The second-order valence-corrected chi connectivity index (χ2v) is 5.96. The van der Waals surface area contributed by atoms with Crippen LogP contribution in [-0.2, 0) is 0 Å². The molecule has 0 saturated heterocycles. The molecule has 104 valence electrons. The minimum atomic E-state index is -0.669. The Morgan fingerprint density at radius 1 is 1.19 bits per heavy atom. The van der Waals surface area contributed by atoms with Crippen LogP contribution in [0.4, 0.5) is 0 Å². The van der Waals surface area contributed by atoms with Gasteiger partial charge < -0.3 is 9.84 Å². The summed E-state index contributed by atoms with van der Waals surface area (Å²) in [5, 5.41) is 27.0. The molecule has 0 aliphatic carbocycles. The maximum Gasteiger partial charge on any atom is 0.205 e.